The Labute approximate surface area is 63.1 Å². The summed E-state index contributed by atoms with van der Waals surface area (Å²) in [7, 11) is -3.19. The second-order valence-electron chi connectivity index (χ2n) is 1.72. The molecule has 0 amide bonds. The molecule has 0 aromatic heterocycles. The molecule has 2 N–H and O–H groups in total. The van der Waals surface area contributed by atoms with Crippen LogP contribution in [-0.2, 0) is 10.0 Å². The lowest BCUT2D eigenvalue weighted by atomic mass is 10.4. The summed E-state index contributed by atoms with van der Waals surface area (Å²) in [6, 6.07) is 0. The Kier molecular flexibility index (Phi) is 6.76. The van der Waals surface area contributed by atoms with E-state index in [0.717, 1.165) is 6.42 Å². The minimum absolute atomic E-state index is 0. The molecule has 0 saturated heterocycles. The van der Waals surface area contributed by atoms with E-state index in [-0.39, 0.29) is 19.2 Å². The fourth-order valence-corrected chi connectivity index (χ4v) is 1.04. The van der Waals surface area contributed by atoms with Gasteiger partial charge in [0, 0.05) is 0 Å². The van der Waals surface area contributed by atoms with Crippen molar-refractivity contribution in [2.24, 2.45) is 5.14 Å². The molecule has 0 unspecified atom stereocenters. The van der Waals surface area contributed by atoms with E-state index in [1.54, 1.807) is 0 Å². The van der Waals surface area contributed by atoms with Crippen molar-refractivity contribution in [2.75, 3.05) is 5.75 Å². The van der Waals surface area contributed by atoms with E-state index in [2.05, 4.69) is 0 Å². The first kappa shape index (κ1) is 12.0. The van der Waals surface area contributed by atoms with Crippen LogP contribution in [0.25, 0.3) is 0 Å². The summed E-state index contributed by atoms with van der Waals surface area (Å²) < 4.78 is 20.3. The molecule has 5 heteroatoms. The molecule has 0 aromatic rings. The van der Waals surface area contributed by atoms with Gasteiger partial charge in [-0.05, 0) is 6.42 Å². The highest BCUT2D eigenvalue weighted by Crippen LogP contribution is 1.88. The number of primary sulfonamides is 1. The Morgan fingerprint density at radius 1 is 1.44 bits per heavy atom. The fraction of sp³-hybridized carbons (Fsp3) is 1.00. The monoisotopic (exact) mass is 171 g/mol. The molecule has 0 fully saturated rings. The van der Waals surface area contributed by atoms with Crippen LogP contribution < -0.4 is 5.14 Å². The molecule has 58 valence electrons. The van der Waals surface area contributed by atoms with Crippen molar-refractivity contribution in [1.29, 1.82) is 0 Å². The number of unbranched alkanes of at least 4 members (excludes halogenated alkanes) is 1. The predicted octanol–water partition coefficient (Wildman–Crippen LogP) is 0.188. The van der Waals surface area contributed by atoms with Crippen molar-refractivity contribution in [3.8, 4) is 0 Å². The lowest BCUT2D eigenvalue weighted by molar-refractivity contribution is 0.594. The summed E-state index contributed by atoms with van der Waals surface area (Å²) in [5.41, 5.74) is 0. The van der Waals surface area contributed by atoms with E-state index in [1.165, 1.54) is 0 Å². The zero-order valence-electron chi connectivity index (χ0n) is 5.42. The zero-order chi connectivity index (χ0) is 6.62. The van der Waals surface area contributed by atoms with Crippen molar-refractivity contribution >= 4 is 23.5 Å². The highest BCUT2D eigenvalue weighted by atomic mass is 32.2. The molecule has 0 spiro atoms. The zero-order valence-corrected chi connectivity index (χ0v) is 7.24. The molecule has 0 rings (SSSR count). The van der Waals surface area contributed by atoms with Crippen LogP contribution in [0.2, 0.25) is 0 Å². The third-order valence-corrected chi connectivity index (χ3v) is 1.64. The van der Waals surface area contributed by atoms with Gasteiger partial charge in [0.1, 0.15) is 0 Å². The average Bonchev–Trinajstić information content (AvgIpc) is 1.59. The molecule has 0 heterocycles. The molecule has 0 aliphatic heterocycles. The number of hydrogen-bond donors (Lipinski definition) is 1. The smallest absolute Gasteiger partial charge is 0.209 e. The first-order valence-electron chi connectivity index (χ1n) is 2.56. The Bertz CT molecular complexity index is 141. The minimum Gasteiger partial charge on any atom is -0.229 e. The molecule has 0 aliphatic carbocycles. The summed E-state index contributed by atoms with van der Waals surface area (Å²) in [5, 5.41) is 4.69. The molecule has 0 radical (unpaired) electrons. The normalized spacial score (nSPS) is 10.4. The van der Waals surface area contributed by atoms with Gasteiger partial charge >= 0.3 is 0 Å². The van der Waals surface area contributed by atoms with Gasteiger partial charge in [-0.1, -0.05) is 13.3 Å². The minimum atomic E-state index is -3.19. The van der Waals surface area contributed by atoms with Crippen molar-refractivity contribution in [3.05, 3.63) is 0 Å². The molecule has 0 aromatic carbocycles. The standard InChI is InChI=1S/C4H11NO2S.H2S/c1-2-3-4-8(5,6)7;/h2-4H2,1H3,(H2,5,6,7);1H2. The third-order valence-electron chi connectivity index (χ3n) is 0.782. The number of rotatable bonds is 3. The van der Waals surface area contributed by atoms with Crippen molar-refractivity contribution in [2.45, 2.75) is 19.8 Å². The molecular weight excluding hydrogens is 158 g/mol. The largest absolute Gasteiger partial charge is 0.229 e. The van der Waals surface area contributed by atoms with Crippen LogP contribution in [0, 0.1) is 0 Å². The van der Waals surface area contributed by atoms with Crippen molar-refractivity contribution in [3.63, 3.8) is 0 Å². The number of sulfonamides is 1. The summed E-state index contributed by atoms with van der Waals surface area (Å²) >= 11 is 0. The highest BCUT2D eigenvalue weighted by Gasteiger charge is 1.98. The highest BCUT2D eigenvalue weighted by molar-refractivity contribution is 7.89. The first-order valence-corrected chi connectivity index (χ1v) is 4.28. The van der Waals surface area contributed by atoms with Crippen molar-refractivity contribution < 1.29 is 8.42 Å². The molecule has 3 nitrogen and oxygen atoms in total. The molecule has 0 atom stereocenters. The average molecular weight is 171 g/mol. The van der Waals surface area contributed by atoms with Crippen LogP contribution >= 0.6 is 13.5 Å². The van der Waals surface area contributed by atoms with Crippen LogP contribution in [0.15, 0.2) is 0 Å². The Morgan fingerprint density at radius 2 is 1.89 bits per heavy atom. The predicted molar refractivity (Wildman–Crippen MR) is 43.3 cm³/mol. The van der Waals surface area contributed by atoms with Crippen LogP contribution in [0.5, 0.6) is 0 Å². The van der Waals surface area contributed by atoms with Gasteiger partial charge in [-0.25, -0.2) is 13.6 Å². The van der Waals surface area contributed by atoms with Gasteiger partial charge in [-0.15, -0.1) is 0 Å². The second kappa shape index (κ2) is 5.08. The Balaban J connectivity index is 0. The van der Waals surface area contributed by atoms with Crippen molar-refractivity contribution in [1.82, 2.24) is 0 Å². The molecule has 9 heavy (non-hydrogen) atoms. The summed E-state index contributed by atoms with van der Waals surface area (Å²) in [6.45, 7) is 1.92. The molecule has 0 aliphatic rings. The van der Waals surface area contributed by atoms with Gasteiger partial charge < -0.3 is 0 Å². The maximum absolute atomic E-state index is 10.2. The first-order chi connectivity index (χ1) is 3.56. The summed E-state index contributed by atoms with van der Waals surface area (Å²) in [4.78, 5) is 0. The van der Waals surface area contributed by atoms with E-state index >= 15 is 0 Å². The maximum Gasteiger partial charge on any atom is 0.209 e. The molecule has 0 saturated carbocycles. The van der Waals surface area contributed by atoms with Gasteiger partial charge in [0.2, 0.25) is 10.0 Å². The van der Waals surface area contributed by atoms with Gasteiger partial charge in [0.25, 0.3) is 0 Å². The Hall–Kier alpha value is 0.260. The van der Waals surface area contributed by atoms with Gasteiger partial charge in [0.05, 0.1) is 5.75 Å². The third kappa shape index (κ3) is 11.7. The lowest BCUT2D eigenvalue weighted by Crippen LogP contribution is -2.15. The van der Waals surface area contributed by atoms with Crippen LogP contribution in [0.1, 0.15) is 19.8 Å². The van der Waals surface area contributed by atoms with E-state index in [1.807, 2.05) is 6.92 Å². The SMILES string of the molecule is CCCCS(N)(=O)=O.S. The van der Waals surface area contributed by atoms with Crippen LogP contribution in [-0.4, -0.2) is 14.2 Å². The van der Waals surface area contributed by atoms with E-state index < -0.39 is 10.0 Å². The topological polar surface area (TPSA) is 60.2 Å². The Morgan fingerprint density at radius 3 is 2.00 bits per heavy atom. The van der Waals surface area contributed by atoms with E-state index in [9.17, 15) is 8.42 Å². The maximum atomic E-state index is 10.2. The lowest BCUT2D eigenvalue weighted by Gasteiger charge is -1.91. The van der Waals surface area contributed by atoms with E-state index in [0.29, 0.717) is 6.42 Å². The second-order valence-corrected chi connectivity index (χ2v) is 3.45. The molecule has 0 bridgehead atoms. The number of nitrogens with two attached hydrogens (primary N) is 1. The van der Waals surface area contributed by atoms with Crippen LogP contribution in [0.3, 0.4) is 0 Å². The van der Waals surface area contributed by atoms with E-state index in [4.69, 9.17) is 5.14 Å². The summed E-state index contributed by atoms with van der Waals surface area (Å²) in [5.74, 6) is 0.115. The van der Waals surface area contributed by atoms with Gasteiger partial charge in [-0.2, -0.15) is 13.5 Å². The molecular formula is C4H13NO2S2. The van der Waals surface area contributed by atoms with Gasteiger partial charge in [0.15, 0.2) is 0 Å². The van der Waals surface area contributed by atoms with Gasteiger partial charge in [-0.3, -0.25) is 0 Å². The quantitative estimate of drug-likeness (QED) is 0.659. The summed E-state index contributed by atoms with van der Waals surface area (Å²) in [6.07, 6.45) is 1.54. The fourth-order valence-electron chi connectivity index (χ4n) is 0.346. The van der Waals surface area contributed by atoms with Crippen LogP contribution in [0.4, 0.5) is 0 Å². The number of hydrogen-bond acceptors (Lipinski definition) is 2.